The number of unbranched alkanes of at least 4 members (excludes halogenated alkanes) is 1. The zero-order valence-electron chi connectivity index (χ0n) is 18.1. The van der Waals surface area contributed by atoms with E-state index in [-0.39, 0.29) is 5.97 Å². The molecule has 32 heavy (non-hydrogen) atoms. The Bertz CT molecular complexity index is 1400. The molecule has 0 aliphatic rings. The summed E-state index contributed by atoms with van der Waals surface area (Å²) in [5.74, 6) is 1.40. The predicted octanol–water partition coefficient (Wildman–Crippen LogP) is 5.28. The molecule has 0 aliphatic heterocycles. The molecule has 0 radical (unpaired) electrons. The highest BCUT2D eigenvalue weighted by molar-refractivity contribution is 5.94. The second-order valence-corrected chi connectivity index (χ2v) is 7.79. The lowest BCUT2D eigenvalue weighted by molar-refractivity contribution is 0.0601. The van der Waals surface area contributed by atoms with E-state index in [1.807, 2.05) is 24.5 Å². The van der Waals surface area contributed by atoms with Crippen LogP contribution >= 0.6 is 0 Å². The second kappa shape index (κ2) is 8.34. The molecular weight excluding hydrogens is 404 g/mol. The minimum atomic E-state index is -0.361. The average Bonchev–Trinajstić information content (AvgIpc) is 3.56. The summed E-state index contributed by atoms with van der Waals surface area (Å²) in [5, 5.41) is 0. The molecular formula is C25H24N4O3. The van der Waals surface area contributed by atoms with Gasteiger partial charge in [0.25, 0.3) is 0 Å². The lowest BCUT2D eigenvalue weighted by Gasteiger charge is -2.09. The molecule has 0 aliphatic carbocycles. The Morgan fingerprint density at radius 3 is 2.75 bits per heavy atom. The van der Waals surface area contributed by atoms with Crippen molar-refractivity contribution in [2.45, 2.75) is 32.9 Å². The van der Waals surface area contributed by atoms with Crippen molar-refractivity contribution in [2.24, 2.45) is 0 Å². The van der Waals surface area contributed by atoms with Crippen LogP contribution in [0.2, 0.25) is 0 Å². The second-order valence-electron chi connectivity index (χ2n) is 7.79. The van der Waals surface area contributed by atoms with Gasteiger partial charge in [-0.3, -0.25) is 0 Å². The molecule has 3 aromatic heterocycles. The van der Waals surface area contributed by atoms with Crippen molar-refractivity contribution in [1.82, 2.24) is 19.1 Å². The van der Waals surface area contributed by atoms with Crippen LogP contribution < -0.4 is 0 Å². The third-order valence-corrected chi connectivity index (χ3v) is 5.69. The van der Waals surface area contributed by atoms with E-state index < -0.39 is 0 Å². The molecule has 7 heteroatoms. The first-order valence-corrected chi connectivity index (χ1v) is 10.7. The summed E-state index contributed by atoms with van der Waals surface area (Å²) >= 11 is 0. The maximum Gasteiger partial charge on any atom is 0.337 e. The van der Waals surface area contributed by atoms with Crippen LogP contribution in [0.4, 0.5) is 0 Å². The molecule has 0 saturated carbocycles. The lowest BCUT2D eigenvalue weighted by atomic mass is 10.1. The topological polar surface area (TPSA) is 75.1 Å². The van der Waals surface area contributed by atoms with Gasteiger partial charge in [-0.05, 0) is 55.0 Å². The van der Waals surface area contributed by atoms with Crippen LogP contribution in [0.1, 0.15) is 35.9 Å². The Labute approximate surface area is 185 Å². The molecule has 0 spiro atoms. The van der Waals surface area contributed by atoms with E-state index in [2.05, 4.69) is 39.2 Å². The van der Waals surface area contributed by atoms with Crippen molar-refractivity contribution in [2.75, 3.05) is 7.11 Å². The van der Waals surface area contributed by atoms with Gasteiger partial charge in [0, 0.05) is 12.1 Å². The third-order valence-electron chi connectivity index (χ3n) is 5.69. The van der Waals surface area contributed by atoms with Crippen LogP contribution in [0.3, 0.4) is 0 Å². The normalized spacial score (nSPS) is 11.4. The van der Waals surface area contributed by atoms with Crippen LogP contribution in [0.25, 0.3) is 33.5 Å². The van der Waals surface area contributed by atoms with Gasteiger partial charge in [-0.25, -0.2) is 14.8 Å². The van der Waals surface area contributed by atoms with Crippen LogP contribution in [0.5, 0.6) is 0 Å². The highest BCUT2D eigenvalue weighted by Crippen LogP contribution is 2.29. The number of carbonyl (C=O) groups excluding carboxylic acids is 1. The Morgan fingerprint density at radius 2 is 1.97 bits per heavy atom. The molecule has 0 amide bonds. The fraction of sp³-hybridized carbons (Fsp3) is 0.240. The van der Waals surface area contributed by atoms with Crippen molar-refractivity contribution < 1.29 is 13.9 Å². The van der Waals surface area contributed by atoms with E-state index in [0.29, 0.717) is 12.1 Å². The summed E-state index contributed by atoms with van der Waals surface area (Å²) in [6.45, 7) is 3.66. The van der Waals surface area contributed by atoms with E-state index in [1.165, 1.54) is 7.11 Å². The SMILES string of the molecule is CCCCn1c(-c2ccc3c(c2)ncn3Cc2ccco2)nc2cc(C(=O)OC)ccc21. The third kappa shape index (κ3) is 3.56. The van der Waals surface area contributed by atoms with Gasteiger partial charge in [-0.2, -0.15) is 0 Å². The Kier molecular flexibility index (Phi) is 5.23. The molecule has 7 nitrogen and oxygen atoms in total. The number of ether oxygens (including phenoxy) is 1. The highest BCUT2D eigenvalue weighted by Gasteiger charge is 2.16. The van der Waals surface area contributed by atoms with Crippen molar-refractivity contribution >= 4 is 28.0 Å². The van der Waals surface area contributed by atoms with Crippen LogP contribution in [-0.4, -0.2) is 32.2 Å². The number of hydrogen-bond donors (Lipinski definition) is 0. The molecule has 162 valence electrons. The van der Waals surface area contributed by atoms with Crippen LogP contribution in [0, 0.1) is 0 Å². The number of benzene rings is 2. The standard InChI is InChI=1S/C25H24N4O3/c1-3-4-11-29-23-10-8-18(25(30)31-2)14-21(23)27-24(29)17-7-9-22-20(13-17)26-16-28(22)15-19-6-5-12-32-19/h5-10,12-14,16H,3-4,11,15H2,1-2H3. The van der Waals surface area contributed by atoms with Gasteiger partial charge in [0.1, 0.15) is 11.6 Å². The molecule has 0 atom stereocenters. The lowest BCUT2D eigenvalue weighted by Crippen LogP contribution is -2.02. The molecule has 5 aromatic rings. The first-order valence-electron chi connectivity index (χ1n) is 10.7. The number of rotatable bonds is 7. The first kappa shape index (κ1) is 20.1. The monoisotopic (exact) mass is 428 g/mol. The molecule has 0 unspecified atom stereocenters. The van der Waals surface area contributed by atoms with Crippen molar-refractivity contribution in [3.63, 3.8) is 0 Å². The number of aryl methyl sites for hydroxylation is 1. The van der Waals surface area contributed by atoms with E-state index >= 15 is 0 Å². The summed E-state index contributed by atoms with van der Waals surface area (Å²) in [6, 6.07) is 15.6. The number of fused-ring (bicyclic) bond motifs is 2. The number of methoxy groups -OCH3 is 1. The van der Waals surface area contributed by atoms with Crippen molar-refractivity contribution in [3.8, 4) is 11.4 Å². The van der Waals surface area contributed by atoms with Gasteiger partial charge >= 0.3 is 5.97 Å². The van der Waals surface area contributed by atoms with Gasteiger partial charge < -0.3 is 18.3 Å². The van der Waals surface area contributed by atoms with E-state index in [0.717, 1.165) is 58.6 Å². The molecule has 2 aromatic carbocycles. The van der Waals surface area contributed by atoms with Gasteiger partial charge in [-0.15, -0.1) is 0 Å². The summed E-state index contributed by atoms with van der Waals surface area (Å²) < 4.78 is 14.6. The molecule has 3 heterocycles. The molecule has 0 bridgehead atoms. The van der Waals surface area contributed by atoms with Gasteiger partial charge in [0.2, 0.25) is 0 Å². The number of esters is 1. The van der Waals surface area contributed by atoms with Crippen molar-refractivity contribution in [3.05, 3.63) is 72.4 Å². The largest absolute Gasteiger partial charge is 0.467 e. The number of hydrogen-bond acceptors (Lipinski definition) is 5. The minimum Gasteiger partial charge on any atom is -0.467 e. The summed E-state index contributed by atoms with van der Waals surface area (Å²) in [6.07, 6.45) is 5.63. The number of nitrogens with zero attached hydrogens (tertiary/aromatic N) is 4. The van der Waals surface area contributed by atoms with E-state index in [4.69, 9.17) is 14.1 Å². The van der Waals surface area contributed by atoms with Gasteiger partial charge in [0.15, 0.2) is 0 Å². The minimum absolute atomic E-state index is 0.361. The van der Waals surface area contributed by atoms with Crippen molar-refractivity contribution in [1.29, 1.82) is 0 Å². The maximum absolute atomic E-state index is 12.0. The number of imidazole rings is 2. The molecule has 0 fully saturated rings. The van der Waals surface area contributed by atoms with E-state index in [1.54, 1.807) is 18.4 Å². The molecule has 0 saturated heterocycles. The van der Waals surface area contributed by atoms with E-state index in [9.17, 15) is 4.79 Å². The zero-order valence-corrected chi connectivity index (χ0v) is 18.1. The highest BCUT2D eigenvalue weighted by atomic mass is 16.5. The Balaban J connectivity index is 1.58. The number of furan rings is 1. The van der Waals surface area contributed by atoms with Crippen LogP contribution in [0.15, 0.2) is 65.5 Å². The zero-order chi connectivity index (χ0) is 22.1. The Morgan fingerprint density at radius 1 is 1.09 bits per heavy atom. The summed E-state index contributed by atoms with van der Waals surface area (Å²) in [5.41, 5.74) is 5.21. The Hall–Kier alpha value is -3.87. The predicted molar refractivity (Wildman–Crippen MR) is 123 cm³/mol. The first-order chi connectivity index (χ1) is 15.7. The average molecular weight is 428 g/mol. The molecule has 0 N–H and O–H groups in total. The summed E-state index contributed by atoms with van der Waals surface area (Å²) in [7, 11) is 1.39. The van der Waals surface area contributed by atoms with Gasteiger partial charge in [-0.1, -0.05) is 13.3 Å². The summed E-state index contributed by atoms with van der Waals surface area (Å²) in [4.78, 5) is 21.5. The maximum atomic E-state index is 12.0. The van der Waals surface area contributed by atoms with Crippen LogP contribution in [-0.2, 0) is 17.8 Å². The number of aromatic nitrogens is 4. The smallest absolute Gasteiger partial charge is 0.337 e. The fourth-order valence-electron chi connectivity index (χ4n) is 4.04. The molecule has 5 rings (SSSR count). The number of carbonyl (C=O) groups is 1. The quantitative estimate of drug-likeness (QED) is 0.330. The fourth-order valence-corrected chi connectivity index (χ4v) is 4.04. The van der Waals surface area contributed by atoms with Gasteiger partial charge in [0.05, 0.1) is 53.9 Å².